The second kappa shape index (κ2) is 5.70. The number of carbonyl (C=O) groups excluding carboxylic acids is 1. The summed E-state index contributed by atoms with van der Waals surface area (Å²) >= 11 is 0. The maximum atomic E-state index is 14.2. The van der Waals surface area contributed by atoms with E-state index in [2.05, 4.69) is 10.4 Å². The first-order valence-corrected chi connectivity index (χ1v) is 6.83. The van der Waals surface area contributed by atoms with E-state index >= 15 is 0 Å². The Balaban J connectivity index is 0.00000176. The van der Waals surface area contributed by atoms with E-state index < -0.39 is 11.4 Å². The average molecular weight is 325 g/mol. The first kappa shape index (κ1) is 16.5. The Kier molecular flexibility index (Phi) is 4.26. The molecule has 1 aromatic carbocycles. The maximum Gasteiger partial charge on any atom is 0.244 e. The van der Waals surface area contributed by atoms with Crippen LogP contribution in [0.5, 0.6) is 0 Å². The minimum atomic E-state index is -0.773. The predicted octanol–water partition coefficient (Wildman–Crippen LogP) is 2.48. The number of nitrogens with zero attached hydrogens (tertiary/aromatic N) is 2. The maximum absolute atomic E-state index is 14.2. The third-order valence-corrected chi connectivity index (χ3v) is 3.68. The molecule has 1 amide bonds. The van der Waals surface area contributed by atoms with Crippen molar-refractivity contribution in [3.05, 3.63) is 41.5 Å². The van der Waals surface area contributed by atoms with Crippen molar-refractivity contribution in [2.75, 3.05) is 5.32 Å². The van der Waals surface area contributed by atoms with E-state index in [1.54, 1.807) is 16.8 Å². The minimum absolute atomic E-state index is 0. The molecule has 1 aliphatic rings. The Morgan fingerprint density at radius 3 is 2.55 bits per heavy atom. The summed E-state index contributed by atoms with van der Waals surface area (Å²) in [5.74, 6) is -0.707. The average Bonchev–Trinajstić information content (AvgIpc) is 3.07. The standard InChI is InChI=1S/C15H17FN4O.ClH/c1-9-7-10(2)20(19-9)13-4-3-11(8-12(13)16)18-14(21)15(17)5-6-15;/h3-4,7-8H,5-6,17H2,1-2H3,(H,18,21);1H. The lowest BCUT2D eigenvalue weighted by molar-refractivity contribution is -0.118. The molecule has 3 rings (SSSR count). The highest BCUT2D eigenvalue weighted by Crippen LogP contribution is 2.33. The molecule has 1 heterocycles. The quantitative estimate of drug-likeness (QED) is 0.911. The largest absolute Gasteiger partial charge is 0.324 e. The molecule has 0 spiro atoms. The van der Waals surface area contributed by atoms with Crippen LogP contribution >= 0.6 is 12.4 Å². The number of anilines is 1. The molecule has 118 valence electrons. The molecule has 0 saturated heterocycles. The smallest absolute Gasteiger partial charge is 0.244 e. The van der Waals surface area contributed by atoms with Gasteiger partial charge in [0, 0.05) is 11.4 Å². The molecule has 0 bridgehead atoms. The fourth-order valence-electron chi connectivity index (χ4n) is 2.25. The van der Waals surface area contributed by atoms with Gasteiger partial charge >= 0.3 is 0 Å². The van der Waals surface area contributed by atoms with Gasteiger partial charge in [-0.1, -0.05) is 0 Å². The van der Waals surface area contributed by atoms with Crippen LogP contribution in [0.2, 0.25) is 0 Å². The van der Waals surface area contributed by atoms with Crippen LogP contribution in [0, 0.1) is 19.7 Å². The van der Waals surface area contributed by atoms with Crippen molar-refractivity contribution in [1.82, 2.24) is 9.78 Å². The number of halogens is 2. The summed E-state index contributed by atoms with van der Waals surface area (Å²) in [6.45, 7) is 3.72. The zero-order valence-corrected chi connectivity index (χ0v) is 13.2. The van der Waals surface area contributed by atoms with Crippen LogP contribution in [0.1, 0.15) is 24.2 Å². The zero-order chi connectivity index (χ0) is 15.2. The highest BCUT2D eigenvalue weighted by atomic mass is 35.5. The molecule has 1 aromatic heterocycles. The number of nitrogens with one attached hydrogen (secondary N) is 1. The van der Waals surface area contributed by atoms with Gasteiger partial charge < -0.3 is 11.1 Å². The van der Waals surface area contributed by atoms with Crippen molar-refractivity contribution in [1.29, 1.82) is 0 Å². The number of benzene rings is 1. The first-order chi connectivity index (χ1) is 9.89. The Bertz CT molecular complexity index is 724. The molecule has 0 radical (unpaired) electrons. The number of hydrogen-bond acceptors (Lipinski definition) is 3. The summed E-state index contributed by atoms with van der Waals surface area (Å²) < 4.78 is 15.8. The zero-order valence-electron chi connectivity index (χ0n) is 12.4. The minimum Gasteiger partial charge on any atom is -0.324 e. The number of amides is 1. The van der Waals surface area contributed by atoms with Gasteiger partial charge in [-0.25, -0.2) is 9.07 Å². The Hall–Kier alpha value is -1.92. The van der Waals surface area contributed by atoms with Gasteiger partial charge in [-0.3, -0.25) is 4.79 Å². The van der Waals surface area contributed by atoms with Gasteiger partial charge in [-0.05, 0) is 51.0 Å². The molecular formula is C15H18ClFN4O. The van der Waals surface area contributed by atoms with E-state index in [0.29, 0.717) is 24.2 Å². The molecular weight excluding hydrogens is 307 g/mol. The molecule has 0 atom stereocenters. The van der Waals surface area contributed by atoms with Gasteiger partial charge in [0.1, 0.15) is 5.69 Å². The van der Waals surface area contributed by atoms with Crippen LogP contribution in [-0.2, 0) is 4.79 Å². The number of rotatable bonds is 3. The molecule has 5 nitrogen and oxygen atoms in total. The lowest BCUT2D eigenvalue weighted by Crippen LogP contribution is -2.37. The molecule has 1 aliphatic carbocycles. The fourth-order valence-corrected chi connectivity index (χ4v) is 2.25. The molecule has 0 unspecified atom stereocenters. The van der Waals surface area contributed by atoms with Crippen LogP contribution in [0.15, 0.2) is 24.3 Å². The second-order valence-electron chi connectivity index (χ2n) is 5.62. The first-order valence-electron chi connectivity index (χ1n) is 6.83. The predicted molar refractivity (Wildman–Crippen MR) is 85.0 cm³/mol. The van der Waals surface area contributed by atoms with Crippen LogP contribution in [0.4, 0.5) is 10.1 Å². The van der Waals surface area contributed by atoms with Crippen LogP contribution in [0.25, 0.3) is 5.69 Å². The number of hydrogen-bond donors (Lipinski definition) is 2. The number of nitrogens with two attached hydrogens (primary N) is 1. The normalized spacial score (nSPS) is 15.1. The van der Waals surface area contributed by atoms with Crippen molar-refractivity contribution >= 4 is 24.0 Å². The summed E-state index contributed by atoms with van der Waals surface area (Å²) in [5.41, 5.74) is 7.45. The molecule has 1 fully saturated rings. The van der Waals surface area contributed by atoms with Crippen molar-refractivity contribution in [3.8, 4) is 5.69 Å². The third-order valence-electron chi connectivity index (χ3n) is 3.68. The highest BCUT2D eigenvalue weighted by Gasteiger charge is 2.45. The summed E-state index contributed by atoms with van der Waals surface area (Å²) in [7, 11) is 0. The molecule has 1 saturated carbocycles. The van der Waals surface area contributed by atoms with Gasteiger partial charge in [0.15, 0.2) is 5.82 Å². The Labute approximate surface area is 134 Å². The molecule has 3 N–H and O–H groups in total. The number of aromatic nitrogens is 2. The molecule has 2 aromatic rings. The van der Waals surface area contributed by atoms with E-state index in [1.165, 1.54) is 6.07 Å². The van der Waals surface area contributed by atoms with Crippen molar-refractivity contribution in [3.63, 3.8) is 0 Å². The lowest BCUT2D eigenvalue weighted by Gasteiger charge is -2.12. The molecule has 7 heteroatoms. The fraction of sp³-hybridized carbons (Fsp3) is 0.333. The van der Waals surface area contributed by atoms with E-state index in [4.69, 9.17) is 5.73 Å². The van der Waals surface area contributed by atoms with Crippen LogP contribution in [-0.4, -0.2) is 21.2 Å². The number of carbonyl (C=O) groups is 1. The van der Waals surface area contributed by atoms with Crippen molar-refractivity contribution in [2.45, 2.75) is 32.2 Å². The Morgan fingerprint density at radius 1 is 1.36 bits per heavy atom. The second-order valence-corrected chi connectivity index (χ2v) is 5.62. The van der Waals surface area contributed by atoms with Gasteiger partial charge in [-0.2, -0.15) is 5.10 Å². The van der Waals surface area contributed by atoms with Crippen molar-refractivity contribution in [2.24, 2.45) is 5.73 Å². The lowest BCUT2D eigenvalue weighted by atomic mass is 10.2. The monoisotopic (exact) mass is 324 g/mol. The summed E-state index contributed by atoms with van der Waals surface area (Å²) in [6, 6.07) is 6.41. The molecule has 22 heavy (non-hydrogen) atoms. The SMILES string of the molecule is Cc1cc(C)n(-c2ccc(NC(=O)C3(N)CC3)cc2F)n1.Cl. The van der Waals surface area contributed by atoms with Gasteiger partial charge in [0.25, 0.3) is 0 Å². The van der Waals surface area contributed by atoms with E-state index in [9.17, 15) is 9.18 Å². The van der Waals surface area contributed by atoms with Gasteiger partial charge in [0.05, 0.1) is 11.2 Å². The van der Waals surface area contributed by atoms with E-state index in [0.717, 1.165) is 11.4 Å². The summed E-state index contributed by atoms with van der Waals surface area (Å²) in [5, 5.41) is 6.90. The summed E-state index contributed by atoms with van der Waals surface area (Å²) in [4.78, 5) is 11.8. The molecule has 0 aliphatic heterocycles. The highest BCUT2D eigenvalue weighted by molar-refractivity contribution is 6.00. The van der Waals surface area contributed by atoms with Crippen LogP contribution in [0.3, 0.4) is 0 Å². The number of aryl methyl sites for hydroxylation is 2. The van der Waals surface area contributed by atoms with E-state index in [1.807, 2.05) is 19.9 Å². The van der Waals surface area contributed by atoms with Crippen LogP contribution < -0.4 is 11.1 Å². The van der Waals surface area contributed by atoms with E-state index in [-0.39, 0.29) is 18.3 Å². The van der Waals surface area contributed by atoms with Gasteiger partial charge in [-0.15, -0.1) is 12.4 Å². The van der Waals surface area contributed by atoms with Crippen molar-refractivity contribution < 1.29 is 9.18 Å². The third kappa shape index (κ3) is 2.98. The Morgan fingerprint density at radius 2 is 2.05 bits per heavy atom. The van der Waals surface area contributed by atoms with Gasteiger partial charge in [0.2, 0.25) is 5.91 Å². The topological polar surface area (TPSA) is 72.9 Å². The summed E-state index contributed by atoms with van der Waals surface area (Å²) in [6.07, 6.45) is 1.34.